The van der Waals surface area contributed by atoms with Gasteiger partial charge < -0.3 is 5.11 Å². The summed E-state index contributed by atoms with van der Waals surface area (Å²) in [6, 6.07) is 5.06. The molecule has 1 N–H and O–H groups in total. The van der Waals surface area contributed by atoms with Gasteiger partial charge in [-0.05, 0) is 48.8 Å². The highest BCUT2D eigenvalue weighted by molar-refractivity contribution is 5.39. The average Bonchev–Trinajstić information content (AvgIpc) is 2.95. The number of benzene rings is 1. The van der Waals surface area contributed by atoms with Gasteiger partial charge in [-0.1, -0.05) is 12.1 Å². The standard InChI is InChI=1S/C12H13FO/c13-11-3-1-2-10-9(11)6-7-12(10,14)8-4-5-8/h1-3,8,14H,4-7H2. The van der Waals surface area contributed by atoms with Crippen LogP contribution in [0.15, 0.2) is 18.2 Å². The molecule has 74 valence electrons. The van der Waals surface area contributed by atoms with E-state index >= 15 is 0 Å². The van der Waals surface area contributed by atoms with E-state index in [0.29, 0.717) is 18.8 Å². The Morgan fingerprint density at radius 1 is 1.36 bits per heavy atom. The highest BCUT2D eigenvalue weighted by Gasteiger charge is 2.49. The predicted molar refractivity (Wildman–Crippen MR) is 51.3 cm³/mol. The minimum atomic E-state index is -0.711. The van der Waals surface area contributed by atoms with E-state index in [1.54, 1.807) is 6.07 Å². The molecule has 0 bridgehead atoms. The molecular formula is C12H13FO. The molecule has 0 aliphatic heterocycles. The van der Waals surface area contributed by atoms with Crippen LogP contribution in [0.4, 0.5) is 4.39 Å². The largest absolute Gasteiger partial charge is 0.385 e. The molecule has 3 rings (SSSR count). The highest BCUT2D eigenvalue weighted by Crippen LogP contribution is 2.52. The quantitative estimate of drug-likeness (QED) is 0.724. The third-order valence-electron chi connectivity index (χ3n) is 3.59. The highest BCUT2D eigenvalue weighted by atomic mass is 19.1. The van der Waals surface area contributed by atoms with Crippen molar-refractivity contribution in [3.8, 4) is 0 Å². The van der Waals surface area contributed by atoms with E-state index in [9.17, 15) is 9.50 Å². The normalized spacial score (nSPS) is 30.4. The Balaban J connectivity index is 2.13. The van der Waals surface area contributed by atoms with Gasteiger partial charge in [-0.2, -0.15) is 0 Å². The van der Waals surface area contributed by atoms with Crippen molar-refractivity contribution in [3.05, 3.63) is 35.1 Å². The molecule has 0 spiro atoms. The van der Waals surface area contributed by atoms with Gasteiger partial charge in [-0.3, -0.25) is 0 Å². The minimum Gasteiger partial charge on any atom is -0.385 e. The smallest absolute Gasteiger partial charge is 0.126 e. The Morgan fingerprint density at radius 2 is 2.14 bits per heavy atom. The molecule has 1 aromatic rings. The lowest BCUT2D eigenvalue weighted by Gasteiger charge is -2.23. The van der Waals surface area contributed by atoms with Gasteiger partial charge in [0.15, 0.2) is 0 Å². The van der Waals surface area contributed by atoms with E-state index in [-0.39, 0.29) is 5.82 Å². The van der Waals surface area contributed by atoms with Gasteiger partial charge in [0.05, 0.1) is 5.60 Å². The molecule has 1 unspecified atom stereocenters. The number of hydrogen-bond donors (Lipinski definition) is 1. The van der Waals surface area contributed by atoms with E-state index in [1.165, 1.54) is 6.07 Å². The van der Waals surface area contributed by atoms with Gasteiger partial charge in [-0.15, -0.1) is 0 Å². The molecule has 1 aromatic carbocycles. The number of halogens is 1. The molecule has 0 amide bonds. The zero-order valence-corrected chi connectivity index (χ0v) is 7.96. The first-order chi connectivity index (χ1) is 6.72. The van der Waals surface area contributed by atoms with Gasteiger partial charge in [0.25, 0.3) is 0 Å². The number of fused-ring (bicyclic) bond motifs is 1. The van der Waals surface area contributed by atoms with Gasteiger partial charge >= 0.3 is 0 Å². The number of rotatable bonds is 1. The lowest BCUT2D eigenvalue weighted by atomic mass is 9.91. The Morgan fingerprint density at radius 3 is 2.86 bits per heavy atom. The Hall–Kier alpha value is -0.890. The molecule has 0 saturated heterocycles. The zero-order chi connectivity index (χ0) is 9.76. The van der Waals surface area contributed by atoms with E-state index in [2.05, 4.69) is 0 Å². The average molecular weight is 192 g/mol. The molecule has 1 fully saturated rings. The first-order valence-electron chi connectivity index (χ1n) is 5.22. The summed E-state index contributed by atoms with van der Waals surface area (Å²) in [5.74, 6) is 0.227. The second-order valence-electron chi connectivity index (χ2n) is 4.46. The Kier molecular flexibility index (Phi) is 1.55. The molecule has 0 heterocycles. The van der Waals surface area contributed by atoms with Crippen molar-refractivity contribution in [2.24, 2.45) is 5.92 Å². The van der Waals surface area contributed by atoms with E-state index < -0.39 is 5.60 Å². The van der Waals surface area contributed by atoms with Crippen LogP contribution in [-0.4, -0.2) is 5.11 Å². The molecule has 2 heteroatoms. The summed E-state index contributed by atoms with van der Waals surface area (Å²) >= 11 is 0. The van der Waals surface area contributed by atoms with Crippen molar-refractivity contribution in [2.45, 2.75) is 31.3 Å². The first kappa shape index (κ1) is 8.42. The summed E-state index contributed by atoms with van der Waals surface area (Å²) in [6.07, 6.45) is 3.57. The lowest BCUT2D eigenvalue weighted by molar-refractivity contribution is 0.0149. The summed E-state index contributed by atoms with van der Waals surface area (Å²) in [6.45, 7) is 0. The third kappa shape index (κ3) is 0.976. The second kappa shape index (κ2) is 2.57. The van der Waals surface area contributed by atoms with Gasteiger partial charge in [0.2, 0.25) is 0 Å². The van der Waals surface area contributed by atoms with Crippen LogP contribution in [0.2, 0.25) is 0 Å². The summed E-state index contributed by atoms with van der Waals surface area (Å²) < 4.78 is 13.4. The maximum Gasteiger partial charge on any atom is 0.126 e. The van der Waals surface area contributed by atoms with E-state index in [0.717, 1.165) is 24.0 Å². The minimum absolute atomic E-state index is 0.154. The van der Waals surface area contributed by atoms with Crippen LogP contribution in [-0.2, 0) is 12.0 Å². The van der Waals surface area contributed by atoms with Gasteiger partial charge in [0, 0.05) is 0 Å². The van der Waals surface area contributed by atoms with Crippen molar-refractivity contribution in [3.63, 3.8) is 0 Å². The molecule has 2 aliphatic carbocycles. The molecule has 1 saturated carbocycles. The third-order valence-corrected chi connectivity index (χ3v) is 3.59. The molecule has 0 radical (unpaired) electrons. The number of hydrogen-bond acceptors (Lipinski definition) is 1. The summed E-state index contributed by atoms with van der Waals surface area (Å²) in [7, 11) is 0. The van der Waals surface area contributed by atoms with Crippen LogP contribution in [0.5, 0.6) is 0 Å². The fourth-order valence-corrected chi connectivity index (χ4v) is 2.65. The molecular weight excluding hydrogens is 179 g/mol. The zero-order valence-electron chi connectivity index (χ0n) is 7.96. The molecule has 2 aliphatic rings. The van der Waals surface area contributed by atoms with E-state index in [4.69, 9.17) is 0 Å². The SMILES string of the molecule is OC1(C2CC2)CCc2c(F)cccc21. The summed E-state index contributed by atoms with van der Waals surface area (Å²) in [5.41, 5.74) is 0.874. The topological polar surface area (TPSA) is 20.2 Å². The summed E-state index contributed by atoms with van der Waals surface area (Å²) in [5, 5.41) is 10.4. The summed E-state index contributed by atoms with van der Waals surface area (Å²) in [4.78, 5) is 0. The monoisotopic (exact) mass is 192 g/mol. The van der Waals surface area contributed by atoms with Crippen LogP contribution in [0, 0.1) is 11.7 Å². The molecule has 0 aromatic heterocycles. The molecule has 1 atom stereocenters. The van der Waals surface area contributed by atoms with Gasteiger partial charge in [-0.25, -0.2) is 4.39 Å². The van der Waals surface area contributed by atoms with Crippen LogP contribution >= 0.6 is 0 Å². The Bertz CT molecular complexity index is 384. The fraction of sp³-hybridized carbons (Fsp3) is 0.500. The van der Waals surface area contributed by atoms with Crippen molar-refractivity contribution < 1.29 is 9.50 Å². The molecule has 1 nitrogen and oxygen atoms in total. The van der Waals surface area contributed by atoms with Crippen LogP contribution in [0.1, 0.15) is 30.4 Å². The maximum absolute atomic E-state index is 13.4. The van der Waals surface area contributed by atoms with Crippen LogP contribution in [0.3, 0.4) is 0 Å². The van der Waals surface area contributed by atoms with Crippen molar-refractivity contribution in [2.75, 3.05) is 0 Å². The van der Waals surface area contributed by atoms with Crippen molar-refractivity contribution in [1.82, 2.24) is 0 Å². The van der Waals surface area contributed by atoms with Crippen LogP contribution < -0.4 is 0 Å². The van der Waals surface area contributed by atoms with Gasteiger partial charge in [0.1, 0.15) is 5.82 Å². The van der Waals surface area contributed by atoms with Crippen LogP contribution in [0.25, 0.3) is 0 Å². The Labute approximate surface area is 82.6 Å². The fourth-order valence-electron chi connectivity index (χ4n) is 2.65. The van der Waals surface area contributed by atoms with Crippen molar-refractivity contribution >= 4 is 0 Å². The second-order valence-corrected chi connectivity index (χ2v) is 4.46. The molecule has 14 heavy (non-hydrogen) atoms. The lowest BCUT2D eigenvalue weighted by Crippen LogP contribution is -2.24. The predicted octanol–water partition coefficient (Wildman–Crippen LogP) is 2.37. The number of aliphatic hydroxyl groups is 1. The maximum atomic E-state index is 13.4. The van der Waals surface area contributed by atoms with Crippen molar-refractivity contribution in [1.29, 1.82) is 0 Å². The van der Waals surface area contributed by atoms with E-state index in [1.807, 2.05) is 6.07 Å². The first-order valence-corrected chi connectivity index (χ1v) is 5.22.